The first-order valence-electron chi connectivity index (χ1n) is 24.8. The summed E-state index contributed by atoms with van der Waals surface area (Å²) < 4.78 is 67.7. The van der Waals surface area contributed by atoms with Crippen LogP contribution in [0.1, 0.15) is 78.7 Å². The highest BCUT2D eigenvalue weighted by Crippen LogP contribution is 2.51. The number of methoxy groups -OCH3 is 2. The number of nitrogens with one attached hydrogen (secondary N) is 2. The van der Waals surface area contributed by atoms with Crippen molar-refractivity contribution >= 4 is 39.0 Å². The predicted octanol–water partition coefficient (Wildman–Crippen LogP) is 8.43. The number of imidazole rings is 1. The minimum Gasteiger partial charge on any atom is -0.497 e. The molecule has 9 rings (SSSR count). The quantitative estimate of drug-likeness (QED) is 0.0391. The van der Waals surface area contributed by atoms with Gasteiger partial charge in [-0.3, -0.25) is 32.8 Å². The molecule has 7 atom stereocenters. The van der Waals surface area contributed by atoms with Gasteiger partial charge in [0.05, 0.1) is 39.9 Å². The van der Waals surface area contributed by atoms with Crippen LogP contribution in [0.5, 0.6) is 11.5 Å². The zero-order valence-electron chi connectivity index (χ0n) is 43.4. The second kappa shape index (κ2) is 22.1. The Morgan fingerprint density at radius 2 is 1.36 bits per heavy atom. The first-order valence-corrected chi connectivity index (χ1v) is 29.2. The monoisotopic (exact) mass is 1080 g/mol. The number of rotatable bonds is 19. The molecule has 20 nitrogen and oxygen atoms in total. The Labute approximate surface area is 440 Å². The van der Waals surface area contributed by atoms with Gasteiger partial charge in [0.15, 0.2) is 25.3 Å². The summed E-state index contributed by atoms with van der Waals surface area (Å²) in [4.78, 5) is 66.4. The van der Waals surface area contributed by atoms with Gasteiger partial charge >= 0.3 is 13.5 Å². The molecule has 3 aromatic heterocycles. The maximum atomic E-state index is 14.5. The summed E-state index contributed by atoms with van der Waals surface area (Å²) >= 11 is 0. The van der Waals surface area contributed by atoms with E-state index >= 15 is 0 Å². The first-order chi connectivity index (χ1) is 36.3. The zero-order valence-corrected chi connectivity index (χ0v) is 45.3. The van der Waals surface area contributed by atoms with E-state index in [9.17, 15) is 23.8 Å². The van der Waals surface area contributed by atoms with Crippen molar-refractivity contribution in [2.75, 3.05) is 32.8 Å². The lowest BCUT2D eigenvalue weighted by Gasteiger charge is -2.39. The maximum absolute atomic E-state index is 14.5. The van der Waals surface area contributed by atoms with Gasteiger partial charge in [-0.2, -0.15) is 0 Å². The molecule has 1 amide bonds. The average molecular weight is 1080 g/mol. The molecule has 2 aliphatic heterocycles. The van der Waals surface area contributed by atoms with E-state index in [-0.39, 0.29) is 41.8 Å². The van der Waals surface area contributed by atoms with Gasteiger partial charge in [0, 0.05) is 30.2 Å². The predicted molar refractivity (Wildman–Crippen MR) is 284 cm³/mol. The van der Waals surface area contributed by atoms with Crippen molar-refractivity contribution in [2.24, 2.45) is 0 Å². The number of carbonyl (C=O) groups excluding carboxylic acids is 1. The van der Waals surface area contributed by atoms with Crippen LogP contribution in [0.2, 0.25) is 18.1 Å². The van der Waals surface area contributed by atoms with E-state index in [4.69, 9.17) is 37.2 Å². The Morgan fingerprint density at radius 3 is 1.96 bits per heavy atom. The molecule has 22 heteroatoms. The third-order valence-electron chi connectivity index (χ3n) is 14.3. The number of hydrogen-bond acceptors (Lipinski definition) is 15. The van der Waals surface area contributed by atoms with Gasteiger partial charge in [-0.25, -0.2) is 24.3 Å². The van der Waals surface area contributed by atoms with Crippen molar-refractivity contribution in [1.82, 2.24) is 29.1 Å². The van der Waals surface area contributed by atoms with Crippen molar-refractivity contribution in [1.29, 1.82) is 0 Å². The number of hydrogen-bond donors (Lipinski definition) is 3. The Hall–Kier alpha value is -6.65. The topological polar surface area (TPSA) is 239 Å². The molecule has 2 saturated heterocycles. The normalized spacial score (nSPS) is 20.9. The Balaban J connectivity index is 1.00. The van der Waals surface area contributed by atoms with Gasteiger partial charge in [-0.1, -0.05) is 93.6 Å². The van der Waals surface area contributed by atoms with Gasteiger partial charge in [-0.05, 0) is 78.1 Å². The van der Waals surface area contributed by atoms with Crippen molar-refractivity contribution < 1.29 is 51.4 Å². The molecular weight excluding hydrogens is 1010 g/mol. The molecule has 2 aliphatic rings. The number of ether oxygens (including phenoxy) is 5. The number of anilines is 1. The maximum Gasteiger partial charge on any atom is 0.472 e. The number of amides is 1. The molecule has 0 spiro atoms. The smallest absolute Gasteiger partial charge is 0.472 e. The highest BCUT2D eigenvalue weighted by molar-refractivity contribution is 7.47. The van der Waals surface area contributed by atoms with Crippen LogP contribution < -0.4 is 26.0 Å². The lowest BCUT2D eigenvalue weighted by molar-refractivity contribution is -0.0951. The summed E-state index contributed by atoms with van der Waals surface area (Å²) in [6.07, 6.45) is -1.25. The summed E-state index contributed by atoms with van der Waals surface area (Å²) in [6.45, 7) is 11.4. The van der Waals surface area contributed by atoms with Gasteiger partial charge in [0.25, 0.3) is 11.5 Å². The molecule has 0 aliphatic carbocycles. The SMILES string of the molecule is COc1ccc(C(OC[C@H]2O[C@@H](n3cc(C)c(=O)[nH]c3=O)C[C@@H]2OP(=O)(O)OC[C@H]2O[C@@H](n3cnc4c(NC(=O)c5ccccc5)ncnc43)C[C@@H]2O[Si](C)(C)C(C)(C)C)(c2ccccc2)c2ccc(OC)cc2)cc1. The van der Waals surface area contributed by atoms with Crippen molar-refractivity contribution in [3.63, 3.8) is 0 Å². The van der Waals surface area contributed by atoms with E-state index in [2.05, 4.69) is 59.1 Å². The van der Waals surface area contributed by atoms with Crippen LogP contribution in [0, 0.1) is 6.92 Å². The number of phosphoric ester groups is 1. The van der Waals surface area contributed by atoms with Crippen LogP contribution in [0.4, 0.5) is 5.82 Å². The van der Waals surface area contributed by atoms with E-state index in [0.717, 1.165) is 16.7 Å². The van der Waals surface area contributed by atoms with E-state index in [1.807, 2.05) is 84.9 Å². The third-order valence-corrected chi connectivity index (χ3v) is 19.8. The minimum atomic E-state index is -5.02. The summed E-state index contributed by atoms with van der Waals surface area (Å²) in [5, 5.41) is 2.62. The van der Waals surface area contributed by atoms with Crippen molar-refractivity contribution in [2.45, 2.75) is 101 Å². The highest BCUT2D eigenvalue weighted by atomic mass is 31.2. The molecule has 2 fully saturated rings. The number of aromatic amines is 1. The van der Waals surface area contributed by atoms with E-state index in [1.165, 1.54) is 17.1 Å². The summed E-state index contributed by atoms with van der Waals surface area (Å²) in [5.41, 5.74) is 0.942. The molecule has 0 bridgehead atoms. The Bertz CT molecular complexity index is 3270. The fourth-order valence-corrected chi connectivity index (χ4v) is 11.5. The molecule has 0 saturated carbocycles. The largest absolute Gasteiger partial charge is 0.497 e. The number of H-pyrrole nitrogens is 1. The van der Waals surface area contributed by atoms with Crippen LogP contribution in [-0.2, 0) is 37.9 Å². The fourth-order valence-electron chi connectivity index (χ4n) is 9.21. The molecule has 400 valence electrons. The Morgan fingerprint density at radius 1 is 0.789 bits per heavy atom. The third kappa shape index (κ3) is 11.4. The number of phosphoric acid groups is 1. The summed E-state index contributed by atoms with van der Waals surface area (Å²) in [5.74, 6) is 1.08. The van der Waals surface area contributed by atoms with E-state index in [0.29, 0.717) is 28.2 Å². The fraction of sp³-hybridized carbons (Fsp3) is 0.370. The Kier molecular flexibility index (Phi) is 15.8. The highest BCUT2D eigenvalue weighted by Gasteiger charge is 2.49. The van der Waals surface area contributed by atoms with Gasteiger partial charge in [0.1, 0.15) is 54.2 Å². The van der Waals surface area contributed by atoms with E-state index < -0.39 is 76.5 Å². The molecule has 0 radical (unpaired) electrons. The molecule has 3 N–H and O–H groups in total. The summed E-state index contributed by atoms with van der Waals surface area (Å²) in [7, 11) is -4.37. The lowest BCUT2D eigenvalue weighted by atomic mass is 9.80. The number of nitrogens with zero attached hydrogens (tertiary/aromatic N) is 5. The zero-order chi connectivity index (χ0) is 54.0. The van der Waals surface area contributed by atoms with Crippen LogP contribution >= 0.6 is 7.82 Å². The number of benzene rings is 4. The van der Waals surface area contributed by atoms with Crippen LogP contribution in [0.25, 0.3) is 11.2 Å². The molecule has 4 aromatic carbocycles. The summed E-state index contributed by atoms with van der Waals surface area (Å²) in [6, 6.07) is 33.2. The van der Waals surface area contributed by atoms with Crippen molar-refractivity contribution in [3.05, 3.63) is 177 Å². The second-order valence-electron chi connectivity index (χ2n) is 20.2. The van der Waals surface area contributed by atoms with Gasteiger partial charge < -0.3 is 38.3 Å². The van der Waals surface area contributed by atoms with Crippen LogP contribution in [0.15, 0.2) is 138 Å². The molecule has 76 heavy (non-hydrogen) atoms. The lowest BCUT2D eigenvalue weighted by Crippen LogP contribution is -2.46. The van der Waals surface area contributed by atoms with Gasteiger partial charge in [0.2, 0.25) is 0 Å². The number of aryl methyl sites for hydroxylation is 1. The van der Waals surface area contributed by atoms with Crippen molar-refractivity contribution in [3.8, 4) is 11.5 Å². The van der Waals surface area contributed by atoms with E-state index in [1.54, 1.807) is 56.3 Å². The molecule has 7 aromatic rings. The number of fused-ring (bicyclic) bond motifs is 1. The molecular formula is C54H62N7O13PSi. The van der Waals surface area contributed by atoms with Crippen LogP contribution in [-0.4, -0.2) is 100 Å². The average Bonchev–Trinajstić information content (AvgIpc) is 4.16. The number of aromatic nitrogens is 6. The number of carbonyl (C=O) groups is 1. The minimum absolute atomic E-state index is 0.126. The van der Waals surface area contributed by atoms with Gasteiger partial charge in [-0.15, -0.1) is 0 Å². The molecule has 5 heterocycles. The first kappa shape index (κ1) is 54.1. The molecule has 1 unspecified atom stereocenters. The standard InChI is InChI=1S/C54H62N7O13PSi/c1-34-29-60(52(64)59-50(34)62)45-27-41(43(71-45)30-69-54(36-17-13-10-14-18-36,37-19-23-39(67-5)24-20-37)38-21-25-40(68-6)26-22-38)73-75(65,66)70-31-44-42(74-76(7,8)53(2,3)4)28-46(72-44)61-33-57-47-48(55-32-56-49(47)61)58-51(63)35-15-11-9-12-16-35/h9-26,29,32-33,41-46H,27-28,30-31H2,1-8H3,(H,65,66)(H,59,62,64)(H,55,56,58,63)/t41-,42-,43+,44+,45+,46+/m0/s1. The second-order valence-corrected chi connectivity index (χ2v) is 26.4. The van der Waals surface area contributed by atoms with Crippen LogP contribution in [0.3, 0.4) is 0 Å².